The average molecular weight is 843 g/mol. The Hall–Kier alpha value is -1.38. The molecule has 8 aliphatic carbocycles. The Morgan fingerprint density at radius 2 is 1.10 bits per heavy atom. The fraction of sp³-hybridized carbons (Fsp3) is 0.889. The van der Waals surface area contributed by atoms with Crippen LogP contribution in [-0.4, -0.2) is 69.6 Å². The van der Waals surface area contributed by atoms with Crippen LogP contribution in [0, 0.1) is 80.8 Å². The number of ether oxygens (including phenoxy) is 3. The predicted octanol–water partition coefficient (Wildman–Crippen LogP) is 10.4. The van der Waals surface area contributed by atoms with E-state index in [1.807, 2.05) is 12.2 Å². The van der Waals surface area contributed by atoms with Crippen LogP contribution in [0.2, 0.25) is 0 Å². The van der Waals surface area contributed by atoms with Gasteiger partial charge >= 0.3 is 0 Å². The number of hydrogen-bond donors (Lipinski definition) is 2. The first kappa shape index (κ1) is 43.5. The molecule has 9 fully saturated rings. The lowest BCUT2D eigenvalue weighted by Crippen LogP contribution is -2.53. The Labute approximate surface area is 368 Å². The fourth-order valence-electron chi connectivity index (χ4n) is 17.9. The van der Waals surface area contributed by atoms with Gasteiger partial charge in [0, 0.05) is 12.8 Å². The van der Waals surface area contributed by atoms with Crippen LogP contribution < -0.4 is 0 Å². The summed E-state index contributed by atoms with van der Waals surface area (Å²) in [6.45, 7) is 22.8. The minimum absolute atomic E-state index is 0.127. The summed E-state index contributed by atoms with van der Waals surface area (Å²) < 4.78 is 18.5. The molecule has 7 heteroatoms. The van der Waals surface area contributed by atoms with Gasteiger partial charge in [0.15, 0.2) is 11.6 Å². The second-order valence-electron chi connectivity index (χ2n) is 25.5. The molecule has 11 aliphatic rings. The standard InChI is InChI=1S/C27H42O4.C27H40O3/c1-15(6-9-21(29)25(2,3)30)17-7-8-18-22-19(11-13-26(17,18)4)27(5)12-10-16(28)14-20(27)23-24(22)31-23;1-15(6-9-21-25(2,3)30-21)17-7-8-18-22-19(11-13-26(17,18)4)27(5)12-10-16(28)14-20(27)23-24(22)29-23/h14-15,17-19,21-24,29-30H,6-13H2,1-5H3;14-15,17-19,21-24H,6-13H2,1-5H3/t2*15-,17-,18+,19+,21?,22+,23?,24?,26-,27-/m11/s1. The molecule has 0 aromatic heterocycles. The third-order valence-electron chi connectivity index (χ3n) is 21.7. The van der Waals surface area contributed by atoms with E-state index >= 15 is 0 Å². The van der Waals surface area contributed by atoms with Crippen LogP contribution >= 0.6 is 0 Å². The number of aliphatic hydroxyl groups excluding tert-OH is 1. The van der Waals surface area contributed by atoms with Gasteiger partial charge in [-0.1, -0.05) is 41.5 Å². The summed E-state index contributed by atoms with van der Waals surface area (Å²) >= 11 is 0. The SMILES string of the molecule is C[C@H](CCC(O)C(C)(C)O)[C@H]1CC[C@H]2[C@@H]3C4OC4C4=CC(=O)CC[C@]4(C)[C@H]3CC[C@]12C.C[C@H](CCC1OC1(C)C)[C@H]1CC[C@H]2[C@@H]3C4OC4C4=CC(=O)CC[C@]4(C)[C@H]3CC[C@]12C. The van der Waals surface area contributed by atoms with Crippen LogP contribution in [0.1, 0.15) is 172 Å². The third-order valence-corrected chi connectivity index (χ3v) is 21.7. The highest BCUT2D eigenvalue weighted by atomic mass is 16.6. The van der Waals surface area contributed by atoms with Crippen molar-refractivity contribution in [2.24, 2.45) is 80.8 Å². The molecule has 3 saturated heterocycles. The highest BCUT2D eigenvalue weighted by molar-refractivity contribution is 5.92. The van der Waals surface area contributed by atoms with Gasteiger partial charge in [-0.25, -0.2) is 0 Å². The summed E-state index contributed by atoms with van der Waals surface area (Å²) in [7, 11) is 0. The van der Waals surface area contributed by atoms with Crippen molar-refractivity contribution in [2.75, 3.05) is 0 Å². The van der Waals surface area contributed by atoms with E-state index in [4.69, 9.17) is 14.2 Å². The maximum absolute atomic E-state index is 12.1. The summed E-state index contributed by atoms with van der Waals surface area (Å²) in [6, 6.07) is 0. The van der Waals surface area contributed by atoms with Crippen molar-refractivity contribution < 1.29 is 34.0 Å². The van der Waals surface area contributed by atoms with Crippen molar-refractivity contribution in [3.05, 3.63) is 23.3 Å². The molecule has 0 amide bonds. The Morgan fingerprint density at radius 3 is 1.52 bits per heavy atom. The normalized spacial score (nSPS) is 50.9. The summed E-state index contributed by atoms with van der Waals surface area (Å²) in [5, 5.41) is 20.4. The summed E-state index contributed by atoms with van der Waals surface area (Å²) in [5.74, 6) is 7.74. The predicted molar refractivity (Wildman–Crippen MR) is 237 cm³/mol. The number of carbonyl (C=O) groups excluding carboxylic acids is 2. The van der Waals surface area contributed by atoms with Crippen LogP contribution in [0.4, 0.5) is 0 Å². The zero-order chi connectivity index (χ0) is 43.4. The minimum atomic E-state index is -1.03. The molecular formula is C54H82O7. The molecule has 2 N–H and O–H groups in total. The Morgan fingerprint density at radius 1 is 0.656 bits per heavy atom. The summed E-state index contributed by atoms with van der Waals surface area (Å²) in [5.41, 5.74) is 2.96. The number of epoxide rings is 3. The van der Waals surface area contributed by atoms with Crippen molar-refractivity contribution in [3.8, 4) is 0 Å². The molecule has 61 heavy (non-hydrogen) atoms. The van der Waals surface area contributed by atoms with Crippen molar-refractivity contribution >= 4 is 11.6 Å². The zero-order valence-corrected chi connectivity index (χ0v) is 39.6. The van der Waals surface area contributed by atoms with Gasteiger partial charge < -0.3 is 24.4 Å². The molecule has 7 nitrogen and oxygen atoms in total. The van der Waals surface area contributed by atoms with E-state index in [1.54, 1.807) is 13.8 Å². The zero-order valence-electron chi connectivity index (χ0n) is 39.6. The molecule has 0 bridgehead atoms. The van der Waals surface area contributed by atoms with Gasteiger partial charge in [0.1, 0.15) is 12.2 Å². The van der Waals surface area contributed by atoms with E-state index in [1.165, 1.54) is 75.4 Å². The van der Waals surface area contributed by atoms with E-state index in [9.17, 15) is 19.8 Å². The Balaban J connectivity index is 0.000000146. The van der Waals surface area contributed by atoms with Gasteiger partial charge in [0.25, 0.3) is 0 Å². The number of ketones is 2. The third kappa shape index (κ3) is 6.85. The Kier molecular flexibility index (Phi) is 10.4. The lowest BCUT2D eigenvalue weighted by atomic mass is 9.46. The maximum Gasteiger partial charge on any atom is 0.155 e. The van der Waals surface area contributed by atoms with Crippen molar-refractivity contribution in [3.63, 3.8) is 0 Å². The van der Waals surface area contributed by atoms with Crippen molar-refractivity contribution in [1.29, 1.82) is 0 Å². The van der Waals surface area contributed by atoms with Gasteiger partial charge in [0.05, 0.1) is 35.6 Å². The highest BCUT2D eigenvalue weighted by Crippen LogP contribution is 2.73. The smallest absolute Gasteiger partial charge is 0.155 e. The second-order valence-corrected chi connectivity index (χ2v) is 25.5. The number of hydrogen-bond acceptors (Lipinski definition) is 7. The highest BCUT2D eigenvalue weighted by Gasteiger charge is 2.71. The van der Waals surface area contributed by atoms with Gasteiger partial charge in [-0.05, 0) is 222 Å². The molecule has 0 aromatic carbocycles. The second kappa shape index (κ2) is 14.6. The van der Waals surface area contributed by atoms with Crippen LogP contribution in [0.25, 0.3) is 0 Å². The van der Waals surface area contributed by atoms with Gasteiger partial charge in [-0.3, -0.25) is 9.59 Å². The van der Waals surface area contributed by atoms with Crippen LogP contribution in [0.15, 0.2) is 23.3 Å². The molecule has 11 rings (SSSR count). The largest absolute Gasteiger partial charge is 0.390 e. The molecule has 6 saturated carbocycles. The minimum Gasteiger partial charge on any atom is -0.390 e. The van der Waals surface area contributed by atoms with Gasteiger partial charge in [-0.15, -0.1) is 0 Å². The van der Waals surface area contributed by atoms with Crippen molar-refractivity contribution in [1.82, 2.24) is 0 Å². The molecule has 0 aromatic rings. The molecule has 6 unspecified atom stereocenters. The number of carbonyl (C=O) groups is 2. The number of aliphatic hydroxyl groups is 2. The van der Waals surface area contributed by atoms with Gasteiger partial charge in [-0.2, -0.15) is 0 Å². The first-order chi connectivity index (χ1) is 28.6. The molecule has 340 valence electrons. The number of fused-ring (bicyclic) bond motifs is 16. The topological polar surface area (TPSA) is 112 Å². The number of rotatable bonds is 9. The summed E-state index contributed by atoms with van der Waals surface area (Å²) in [4.78, 5) is 24.3. The first-order valence-electron chi connectivity index (χ1n) is 25.5. The molecule has 3 heterocycles. The Bertz CT molecular complexity index is 1840. The average Bonchev–Trinajstić information content (AvgIpc) is 4.15. The van der Waals surface area contributed by atoms with Crippen molar-refractivity contribution in [2.45, 2.75) is 220 Å². The van der Waals surface area contributed by atoms with Crippen LogP contribution in [0.5, 0.6) is 0 Å². The van der Waals surface area contributed by atoms with Crippen LogP contribution in [-0.2, 0) is 23.8 Å². The van der Waals surface area contributed by atoms with E-state index in [-0.39, 0.29) is 28.6 Å². The van der Waals surface area contributed by atoms with E-state index in [0.717, 1.165) is 43.4 Å². The lowest BCUT2D eigenvalue weighted by Gasteiger charge is -2.57. The van der Waals surface area contributed by atoms with E-state index in [2.05, 4.69) is 55.4 Å². The monoisotopic (exact) mass is 843 g/mol. The fourth-order valence-corrected chi connectivity index (χ4v) is 17.9. The lowest BCUT2D eigenvalue weighted by molar-refractivity contribution is -0.118. The first-order valence-corrected chi connectivity index (χ1v) is 25.5. The molecular weight excluding hydrogens is 761 g/mol. The summed E-state index contributed by atoms with van der Waals surface area (Å²) in [6.07, 6.45) is 23.2. The maximum atomic E-state index is 12.1. The van der Waals surface area contributed by atoms with Crippen LogP contribution in [0.3, 0.4) is 0 Å². The molecule has 3 aliphatic heterocycles. The van der Waals surface area contributed by atoms with E-state index in [0.29, 0.717) is 95.0 Å². The van der Waals surface area contributed by atoms with Gasteiger partial charge in [0.2, 0.25) is 0 Å². The molecule has 20 atom stereocenters. The molecule has 0 radical (unpaired) electrons. The molecule has 0 spiro atoms. The quantitative estimate of drug-likeness (QED) is 0.222. The van der Waals surface area contributed by atoms with E-state index < -0.39 is 11.7 Å².